The lowest BCUT2D eigenvalue weighted by atomic mass is 10.0. The van der Waals surface area contributed by atoms with Gasteiger partial charge in [0.25, 0.3) is 5.91 Å². The molecule has 4 heterocycles. The quantitative estimate of drug-likeness (QED) is 0.405. The number of anilines is 3. The number of hydrogen-bond acceptors (Lipinski definition) is 7. The van der Waals surface area contributed by atoms with Crippen molar-refractivity contribution in [2.24, 2.45) is 0 Å². The van der Waals surface area contributed by atoms with Crippen molar-refractivity contribution in [1.82, 2.24) is 20.3 Å². The van der Waals surface area contributed by atoms with Crippen LogP contribution in [0.15, 0.2) is 79.1 Å². The minimum Gasteiger partial charge on any atom is -0.378 e. The number of hydrogen-bond donors (Lipinski definition) is 1. The summed E-state index contributed by atoms with van der Waals surface area (Å²) in [5.74, 6) is 1.53. The maximum atomic E-state index is 13.0. The maximum Gasteiger partial charge on any atom is 0.251 e. The number of morpholine rings is 1. The molecule has 0 aliphatic carbocycles. The highest BCUT2D eigenvalue weighted by Crippen LogP contribution is 2.39. The molecule has 2 aromatic heterocycles. The fourth-order valence-corrected chi connectivity index (χ4v) is 5.04. The Morgan fingerprint density at radius 2 is 1.74 bits per heavy atom. The van der Waals surface area contributed by atoms with Gasteiger partial charge in [0.05, 0.1) is 18.9 Å². The highest BCUT2D eigenvalue weighted by Gasteiger charge is 2.29. The van der Waals surface area contributed by atoms with E-state index in [0.29, 0.717) is 31.3 Å². The number of rotatable bonds is 7. The molecule has 0 spiro atoms. The van der Waals surface area contributed by atoms with Crippen molar-refractivity contribution in [2.45, 2.75) is 12.8 Å². The van der Waals surface area contributed by atoms with Crippen LogP contribution in [-0.2, 0) is 17.6 Å². The van der Waals surface area contributed by atoms with Crippen molar-refractivity contribution in [3.05, 3.63) is 95.8 Å². The number of benzene rings is 2. The van der Waals surface area contributed by atoms with E-state index in [1.54, 1.807) is 12.4 Å². The van der Waals surface area contributed by atoms with Crippen LogP contribution in [0.1, 0.15) is 21.5 Å². The Morgan fingerprint density at radius 1 is 0.921 bits per heavy atom. The molecule has 2 aliphatic heterocycles. The summed E-state index contributed by atoms with van der Waals surface area (Å²) >= 11 is 0. The Bertz CT molecular complexity index is 1410. The molecule has 4 aromatic rings. The molecule has 8 heteroatoms. The van der Waals surface area contributed by atoms with E-state index in [9.17, 15) is 4.79 Å². The Hall–Kier alpha value is -4.30. The molecule has 2 aromatic carbocycles. The molecule has 38 heavy (non-hydrogen) atoms. The number of pyridine rings is 1. The first kappa shape index (κ1) is 24.1. The first-order chi connectivity index (χ1) is 18.8. The summed E-state index contributed by atoms with van der Waals surface area (Å²) < 4.78 is 5.56. The molecule has 0 radical (unpaired) electrons. The van der Waals surface area contributed by atoms with E-state index in [4.69, 9.17) is 14.7 Å². The van der Waals surface area contributed by atoms with Crippen LogP contribution in [0.3, 0.4) is 0 Å². The predicted molar refractivity (Wildman–Crippen MR) is 148 cm³/mol. The highest BCUT2D eigenvalue weighted by atomic mass is 16.5. The molecule has 0 atom stereocenters. The minimum atomic E-state index is -0.0831. The predicted octanol–water partition coefficient (Wildman–Crippen LogP) is 4.04. The van der Waals surface area contributed by atoms with E-state index in [2.05, 4.69) is 32.2 Å². The average Bonchev–Trinajstić information content (AvgIpc) is 3.42. The average molecular weight is 507 g/mol. The van der Waals surface area contributed by atoms with Crippen LogP contribution in [0, 0.1) is 0 Å². The van der Waals surface area contributed by atoms with Gasteiger partial charge in [0.2, 0.25) is 5.95 Å². The standard InChI is InChI=1S/C30H30N6O2/c37-29(32-15-9-22-5-2-1-3-6-22)24-8-4-7-23(21-24)27-26-12-16-36(25-10-13-31-14-11-25)28(26)34-30(33-27)35-17-19-38-20-18-35/h1-8,10-11,13-14,21H,9,12,15-20H2,(H,32,37). The second-order valence-electron chi connectivity index (χ2n) is 9.45. The molecule has 192 valence electrons. The van der Waals surface area contributed by atoms with Gasteiger partial charge in [-0.2, -0.15) is 4.98 Å². The van der Waals surface area contributed by atoms with Crippen molar-refractivity contribution in [3.63, 3.8) is 0 Å². The third-order valence-electron chi connectivity index (χ3n) is 7.02. The van der Waals surface area contributed by atoms with Gasteiger partial charge in [0.1, 0.15) is 5.82 Å². The van der Waals surface area contributed by atoms with Crippen molar-refractivity contribution in [2.75, 3.05) is 49.2 Å². The van der Waals surface area contributed by atoms with Gasteiger partial charge >= 0.3 is 0 Å². The van der Waals surface area contributed by atoms with E-state index in [1.165, 1.54) is 5.56 Å². The van der Waals surface area contributed by atoms with Crippen LogP contribution >= 0.6 is 0 Å². The second kappa shape index (κ2) is 11.0. The van der Waals surface area contributed by atoms with Crippen molar-refractivity contribution >= 4 is 23.4 Å². The van der Waals surface area contributed by atoms with E-state index < -0.39 is 0 Å². The van der Waals surface area contributed by atoms with Gasteiger partial charge < -0.3 is 19.9 Å². The molecule has 6 rings (SSSR count). The molecule has 0 bridgehead atoms. The number of aromatic nitrogens is 3. The van der Waals surface area contributed by atoms with E-state index >= 15 is 0 Å². The summed E-state index contributed by atoms with van der Waals surface area (Å²) in [7, 11) is 0. The molecule has 1 fully saturated rings. The first-order valence-electron chi connectivity index (χ1n) is 13.1. The van der Waals surface area contributed by atoms with E-state index in [-0.39, 0.29) is 5.91 Å². The van der Waals surface area contributed by atoms with Crippen molar-refractivity contribution < 1.29 is 9.53 Å². The molecule has 2 aliphatic rings. The van der Waals surface area contributed by atoms with Gasteiger partial charge in [-0.1, -0.05) is 42.5 Å². The number of nitrogens with one attached hydrogen (secondary N) is 1. The zero-order chi connectivity index (χ0) is 25.7. The Labute approximate surface area is 222 Å². The lowest BCUT2D eigenvalue weighted by Gasteiger charge is -2.28. The molecule has 0 saturated carbocycles. The number of fused-ring (bicyclic) bond motifs is 1. The summed E-state index contributed by atoms with van der Waals surface area (Å²) in [6, 6.07) is 21.9. The van der Waals surface area contributed by atoms with Crippen molar-refractivity contribution in [1.29, 1.82) is 0 Å². The van der Waals surface area contributed by atoms with Gasteiger partial charge in [-0.3, -0.25) is 9.78 Å². The molecule has 0 unspecified atom stereocenters. The number of amides is 1. The topological polar surface area (TPSA) is 83.5 Å². The molecule has 1 amide bonds. The summed E-state index contributed by atoms with van der Waals surface area (Å²) in [6.45, 7) is 4.20. The fraction of sp³-hybridized carbons (Fsp3) is 0.267. The molecule has 8 nitrogen and oxygen atoms in total. The fourth-order valence-electron chi connectivity index (χ4n) is 5.04. The van der Waals surface area contributed by atoms with Gasteiger partial charge in [0, 0.05) is 61.0 Å². The zero-order valence-electron chi connectivity index (χ0n) is 21.2. The van der Waals surface area contributed by atoms with Crippen LogP contribution in [0.5, 0.6) is 0 Å². The maximum absolute atomic E-state index is 13.0. The largest absolute Gasteiger partial charge is 0.378 e. The lowest BCUT2D eigenvalue weighted by Crippen LogP contribution is -2.37. The lowest BCUT2D eigenvalue weighted by molar-refractivity contribution is 0.0954. The van der Waals surface area contributed by atoms with Crippen molar-refractivity contribution in [3.8, 4) is 11.3 Å². The van der Waals surface area contributed by atoms with Crippen LogP contribution in [0.4, 0.5) is 17.5 Å². The van der Waals surface area contributed by atoms with Crippen LogP contribution in [0.2, 0.25) is 0 Å². The number of carbonyl (C=O) groups is 1. The SMILES string of the molecule is O=C(NCCc1ccccc1)c1cccc(-c2nc(N3CCOCC3)nc3c2CCN3c2ccncc2)c1. The monoisotopic (exact) mass is 506 g/mol. The van der Waals surface area contributed by atoms with Crippen LogP contribution in [0.25, 0.3) is 11.3 Å². The van der Waals surface area contributed by atoms with Gasteiger partial charge in [-0.25, -0.2) is 4.98 Å². The summed E-state index contributed by atoms with van der Waals surface area (Å²) in [6.07, 6.45) is 5.22. The normalized spacial score (nSPS) is 14.8. The first-order valence-corrected chi connectivity index (χ1v) is 13.1. The van der Waals surface area contributed by atoms with E-state index in [1.807, 2.05) is 54.6 Å². The Morgan fingerprint density at radius 3 is 2.55 bits per heavy atom. The summed E-state index contributed by atoms with van der Waals surface area (Å²) in [5, 5.41) is 3.06. The molecule has 1 N–H and O–H groups in total. The van der Waals surface area contributed by atoms with Crippen LogP contribution in [-0.4, -0.2) is 60.3 Å². The van der Waals surface area contributed by atoms with Gasteiger partial charge in [-0.15, -0.1) is 0 Å². The molecular weight excluding hydrogens is 476 g/mol. The minimum absolute atomic E-state index is 0.0831. The van der Waals surface area contributed by atoms with Gasteiger partial charge in [0.15, 0.2) is 0 Å². The highest BCUT2D eigenvalue weighted by molar-refractivity contribution is 5.95. The molecular formula is C30H30N6O2. The number of carbonyl (C=O) groups excluding carboxylic acids is 1. The number of nitrogens with zero attached hydrogens (tertiary/aromatic N) is 5. The summed E-state index contributed by atoms with van der Waals surface area (Å²) in [5.41, 5.74) is 5.79. The zero-order valence-corrected chi connectivity index (χ0v) is 21.2. The number of ether oxygens (including phenoxy) is 1. The Balaban J connectivity index is 1.31. The molecule has 1 saturated heterocycles. The third kappa shape index (κ3) is 5.08. The summed E-state index contributed by atoms with van der Waals surface area (Å²) in [4.78, 5) is 31.7. The Kier molecular flexibility index (Phi) is 6.95. The smallest absolute Gasteiger partial charge is 0.251 e. The van der Waals surface area contributed by atoms with E-state index in [0.717, 1.165) is 60.8 Å². The second-order valence-corrected chi connectivity index (χ2v) is 9.45. The third-order valence-corrected chi connectivity index (χ3v) is 7.02. The van der Waals surface area contributed by atoms with Gasteiger partial charge in [-0.05, 0) is 42.7 Å². The van der Waals surface area contributed by atoms with Crippen LogP contribution < -0.4 is 15.1 Å².